The average molecular weight is 496 g/mol. The zero-order valence-corrected chi connectivity index (χ0v) is 24.0. The van der Waals surface area contributed by atoms with Gasteiger partial charge in [0.15, 0.2) is 0 Å². The zero-order valence-electron chi connectivity index (χ0n) is 24.0. The van der Waals surface area contributed by atoms with E-state index in [1.807, 2.05) is 52.8 Å². The van der Waals surface area contributed by atoms with Crippen molar-refractivity contribution in [3.8, 4) is 0 Å². The number of benzene rings is 2. The van der Waals surface area contributed by atoms with Gasteiger partial charge in [0.25, 0.3) is 5.91 Å². The number of carbonyl (C=O) groups excluding carboxylic acids is 3. The molecule has 1 atom stereocenters. The predicted molar refractivity (Wildman–Crippen MR) is 151 cm³/mol. The number of fused-ring (bicyclic) bond motifs is 2. The Morgan fingerprint density at radius 1 is 0.722 bits per heavy atom. The van der Waals surface area contributed by atoms with Crippen LogP contribution in [0.1, 0.15) is 104 Å². The number of urea groups is 1. The number of hydrogen-bond donors (Lipinski definition) is 3. The van der Waals surface area contributed by atoms with Gasteiger partial charge in [-0.2, -0.15) is 0 Å². The highest BCUT2D eigenvalue weighted by Crippen LogP contribution is 2.32. The van der Waals surface area contributed by atoms with Crippen LogP contribution >= 0.6 is 0 Å². The van der Waals surface area contributed by atoms with Crippen molar-refractivity contribution in [2.24, 2.45) is 0 Å². The van der Waals surface area contributed by atoms with E-state index in [0.717, 1.165) is 28.1 Å². The van der Waals surface area contributed by atoms with Gasteiger partial charge < -0.3 is 16.0 Å². The van der Waals surface area contributed by atoms with E-state index in [4.69, 9.17) is 0 Å². The molecule has 6 nitrogen and oxygen atoms in total. The molecule has 0 radical (unpaired) electrons. The second kappa shape index (κ2) is 12.7. The number of rotatable bonds is 0. The molecule has 0 saturated carbocycles. The van der Waals surface area contributed by atoms with E-state index in [0.29, 0.717) is 0 Å². The maximum atomic E-state index is 11.4. The number of amides is 3. The molecular formula is C30H45N3O3. The summed E-state index contributed by atoms with van der Waals surface area (Å²) in [7, 11) is 0. The monoisotopic (exact) mass is 495 g/mol. The van der Waals surface area contributed by atoms with Gasteiger partial charge in [0, 0.05) is 17.8 Å². The zero-order chi connectivity index (χ0) is 27.8. The molecule has 6 heteroatoms. The van der Waals surface area contributed by atoms with Crippen LogP contribution in [0.2, 0.25) is 0 Å². The Morgan fingerprint density at radius 3 is 1.75 bits per heavy atom. The molecule has 2 aliphatic heterocycles. The molecule has 0 aliphatic carbocycles. The Kier molecular flexibility index (Phi) is 10.9. The lowest BCUT2D eigenvalue weighted by atomic mass is 9.85. The maximum absolute atomic E-state index is 11.4. The fraction of sp³-hybridized carbons (Fsp3) is 0.500. The van der Waals surface area contributed by atoms with Crippen molar-refractivity contribution in [1.82, 2.24) is 5.32 Å². The molecule has 198 valence electrons. The summed E-state index contributed by atoms with van der Waals surface area (Å²) in [6.07, 6.45) is 0.214. The lowest BCUT2D eigenvalue weighted by Gasteiger charge is -2.27. The molecule has 2 heterocycles. The van der Waals surface area contributed by atoms with Crippen molar-refractivity contribution in [3.05, 3.63) is 58.7 Å². The molecule has 3 N–H and O–H groups in total. The number of anilines is 2. The van der Waals surface area contributed by atoms with Crippen LogP contribution in [-0.2, 0) is 26.8 Å². The SMILES string of the molecule is CC.CC.CC(C)(C)c1ccc2c(c1)NC(=O)C(=O)C2.CC1NC(=O)Nc2cc(C(C)(C)C)ccc21. The largest absolute Gasteiger partial charge is 0.331 e. The second-order valence-corrected chi connectivity index (χ2v) is 10.5. The number of ketones is 1. The Labute approximate surface area is 217 Å². The highest BCUT2D eigenvalue weighted by Gasteiger charge is 2.25. The first-order valence-corrected chi connectivity index (χ1v) is 13.0. The fourth-order valence-corrected chi connectivity index (χ4v) is 3.70. The Bertz CT molecular complexity index is 1080. The number of carbonyl (C=O) groups is 3. The summed E-state index contributed by atoms with van der Waals surface area (Å²) >= 11 is 0. The minimum atomic E-state index is -0.501. The average Bonchev–Trinajstić information content (AvgIpc) is 2.81. The van der Waals surface area contributed by atoms with Gasteiger partial charge in [-0.3, -0.25) is 9.59 Å². The van der Waals surface area contributed by atoms with Crippen molar-refractivity contribution in [3.63, 3.8) is 0 Å². The summed E-state index contributed by atoms with van der Waals surface area (Å²) < 4.78 is 0. The van der Waals surface area contributed by atoms with E-state index in [9.17, 15) is 14.4 Å². The van der Waals surface area contributed by atoms with Crippen LogP contribution in [0, 0.1) is 0 Å². The molecular weight excluding hydrogens is 450 g/mol. The molecule has 2 aromatic rings. The van der Waals surface area contributed by atoms with Gasteiger partial charge >= 0.3 is 6.03 Å². The summed E-state index contributed by atoms with van der Waals surface area (Å²) in [5.74, 6) is -0.866. The van der Waals surface area contributed by atoms with Gasteiger partial charge in [-0.1, -0.05) is 93.5 Å². The summed E-state index contributed by atoms with van der Waals surface area (Å²) in [6.45, 7) is 22.8. The van der Waals surface area contributed by atoms with Gasteiger partial charge in [-0.15, -0.1) is 0 Å². The lowest BCUT2D eigenvalue weighted by Crippen LogP contribution is -2.36. The van der Waals surface area contributed by atoms with Crippen LogP contribution in [0.25, 0.3) is 0 Å². The van der Waals surface area contributed by atoms with E-state index < -0.39 is 5.91 Å². The van der Waals surface area contributed by atoms with Crippen molar-refractivity contribution in [2.45, 2.75) is 99.5 Å². The van der Waals surface area contributed by atoms with Crippen molar-refractivity contribution in [2.75, 3.05) is 10.6 Å². The Balaban J connectivity index is 0.000000317. The molecule has 36 heavy (non-hydrogen) atoms. The van der Waals surface area contributed by atoms with Gasteiger partial charge in [-0.25, -0.2) is 4.79 Å². The topological polar surface area (TPSA) is 87.3 Å². The second-order valence-electron chi connectivity index (χ2n) is 10.5. The molecule has 0 saturated heterocycles. The van der Waals surface area contributed by atoms with Crippen LogP contribution < -0.4 is 16.0 Å². The molecule has 0 fully saturated rings. The summed E-state index contributed by atoms with van der Waals surface area (Å²) in [6, 6.07) is 12.2. The van der Waals surface area contributed by atoms with Crippen LogP contribution in [0.15, 0.2) is 36.4 Å². The third-order valence-electron chi connectivity index (χ3n) is 5.81. The van der Waals surface area contributed by atoms with Gasteiger partial charge in [0.2, 0.25) is 5.78 Å². The molecule has 0 aromatic heterocycles. The number of hydrogen-bond acceptors (Lipinski definition) is 3. The van der Waals surface area contributed by atoms with Crippen LogP contribution in [0.3, 0.4) is 0 Å². The van der Waals surface area contributed by atoms with Crippen LogP contribution in [0.5, 0.6) is 0 Å². The molecule has 4 rings (SSSR count). The van der Waals surface area contributed by atoms with E-state index >= 15 is 0 Å². The summed E-state index contributed by atoms with van der Waals surface area (Å²) in [5.41, 5.74) is 6.29. The standard InChI is InChI=1S/C13H18N2O.C13H15NO2.2C2H6/c1-8-10-6-5-9(13(2,3)4)7-11(10)15-12(16)14-8;1-13(2,3)9-5-4-8-6-11(15)12(16)14-10(8)7-9;2*1-2/h5-8H,1-4H3,(H2,14,15,16);4-5,7H,6H2,1-3H3,(H,14,16);2*1-2H3. The highest BCUT2D eigenvalue weighted by atomic mass is 16.2. The van der Waals surface area contributed by atoms with E-state index in [2.05, 4.69) is 75.7 Å². The Morgan fingerprint density at radius 2 is 1.22 bits per heavy atom. The molecule has 0 spiro atoms. The number of Topliss-reactive ketones (excluding diaryl/α,β-unsaturated/α-hetero) is 1. The van der Waals surface area contributed by atoms with Gasteiger partial charge in [0.05, 0.1) is 6.04 Å². The van der Waals surface area contributed by atoms with Crippen LogP contribution in [0.4, 0.5) is 16.2 Å². The molecule has 0 bridgehead atoms. The number of nitrogens with one attached hydrogen (secondary N) is 3. The van der Waals surface area contributed by atoms with Crippen molar-refractivity contribution < 1.29 is 14.4 Å². The first-order chi connectivity index (χ1) is 16.8. The van der Waals surface area contributed by atoms with E-state index in [1.54, 1.807) is 0 Å². The first-order valence-electron chi connectivity index (χ1n) is 13.0. The van der Waals surface area contributed by atoms with E-state index in [-0.39, 0.29) is 35.1 Å². The Hall–Kier alpha value is -3.15. The third-order valence-corrected chi connectivity index (χ3v) is 5.81. The van der Waals surface area contributed by atoms with Gasteiger partial charge in [-0.05, 0) is 52.1 Å². The van der Waals surface area contributed by atoms with Crippen molar-refractivity contribution >= 4 is 29.1 Å². The third kappa shape index (κ3) is 7.94. The first kappa shape index (κ1) is 30.9. The smallest absolute Gasteiger partial charge is 0.319 e. The molecule has 3 amide bonds. The minimum absolute atomic E-state index is 0.0429. The van der Waals surface area contributed by atoms with Gasteiger partial charge in [0.1, 0.15) is 0 Å². The minimum Gasteiger partial charge on any atom is -0.331 e. The van der Waals surface area contributed by atoms with E-state index in [1.165, 1.54) is 5.56 Å². The highest BCUT2D eigenvalue weighted by molar-refractivity contribution is 6.42. The summed E-state index contributed by atoms with van der Waals surface area (Å²) in [4.78, 5) is 33.9. The van der Waals surface area contributed by atoms with Crippen molar-refractivity contribution in [1.29, 1.82) is 0 Å². The molecule has 1 unspecified atom stereocenters. The fourth-order valence-electron chi connectivity index (χ4n) is 3.70. The quantitative estimate of drug-likeness (QED) is 0.336. The lowest BCUT2D eigenvalue weighted by molar-refractivity contribution is -0.134. The normalized spacial score (nSPS) is 16.1. The van der Waals surface area contributed by atoms with Crippen LogP contribution in [-0.4, -0.2) is 17.7 Å². The molecule has 2 aliphatic rings. The predicted octanol–water partition coefficient (Wildman–Crippen LogP) is 7.28. The summed E-state index contributed by atoms with van der Waals surface area (Å²) in [5, 5.41) is 8.33. The molecule has 2 aromatic carbocycles. The maximum Gasteiger partial charge on any atom is 0.319 e.